The van der Waals surface area contributed by atoms with E-state index in [1.807, 2.05) is 31.2 Å². The summed E-state index contributed by atoms with van der Waals surface area (Å²) in [4.78, 5) is 8.62. The molecule has 0 unspecified atom stereocenters. The molecule has 1 heterocycles. The lowest BCUT2D eigenvalue weighted by Gasteiger charge is -2.13. The molecule has 2 nitrogen and oxygen atoms in total. The van der Waals surface area contributed by atoms with Crippen LogP contribution in [0.5, 0.6) is 0 Å². The standard InChI is InChI=1S/C13H12N2/c1-3-10-7-8-11-6-5-9-15-13(11)12(10)14-4-2/h3-9H,2H2,1H3/b10-3-,14-12?. The monoisotopic (exact) mass is 196 g/mol. The van der Waals surface area contributed by atoms with Gasteiger partial charge in [-0.05, 0) is 18.6 Å². The molecule has 0 aromatic carbocycles. The largest absolute Gasteiger partial charge is 0.255 e. The van der Waals surface area contributed by atoms with Crippen LogP contribution in [0.4, 0.5) is 0 Å². The maximum Gasteiger partial charge on any atom is 0.0964 e. The second kappa shape index (κ2) is 4.05. The predicted octanol–water partition coefficient (Wildman–Crippen LogP) is 2.99. The topological polar surface area (TPSA) is 25.2 Å². The summed E-state index contributed by atoms with van der Waals surface area (Å²) in [6, 6.07) is 3.96. The lowest BCUT2D eigenvalue weighted by molar-refractivity contribution is 1.26. The molecule has 1 aliphatic rings. The Morgan fingerprint density at radius 1 is 1.40 bits per heavy atom. The quantitative estimate of drug-likeness (QED) is 0.677. The summed E-state index contributed by atoms with van der Waals surface area (Å²) in [5.74, 6) is 0. The molecule has 0 saturated carbocycles. The summed E-state index contributed by atoms with van der Waals surface area (Å²) in [7, 11) is 0. The fourth-order valence-electron chi connectivity index (χ4n) is 1.61. The zero-order valence-electron chi connectivity index (χ0n) is 8.64. The summed E-state index contributed by atoms with van der Waals surface area (Å²) in [6.45, 7) is 5.62. The smallest absolute Gasteiger partial charge is 0.0964 e. The Morgan fingerprint density at radius 2 is 2.27 bits per heavy atom. The third kappa shape index (κ3) is 1.66. The zero-order valence-corrected chi connectivity index (χ0v) is 8.64. The van der Waals surface area contributed by atoms with E-state index in [1.54, 1.807) is 12.4 Å². The lowest BCUT2D eigenvalue weighted by Crippen LogP contribution is -2.11. The Bertz CT molecular complexity index is 479. The number of hydrogen-bond acceptors (Lipinski definition) is 2. The molecule has 2 rings (SSSR count). The summed E-state index contributed by atoms with van der Waals surface area (Å²) in [6.07, 6.45) is 9.46. The van der Waals surface area contributed by atoms with Crippen molar-refractivity contribution in [1.82, 2.24) is 4.98 Å². The molecular weight excluding hydrogens is 184 g/mol. The van der Waals surface area contributed by atoms with Crippen LogP contribution in [-0.4, -0.2) is 10.7 Å². The summed E-state index contributed by atoms with van der Waals surface area (Å²) in [5.41, 5.74) is 4.00. The Balaban J connectivity index is 2.65. The van der Waals surface area contributed by atoms with Gasteiger partial charge in [-0.1, -0.05) is 30.9 Å². The summed E-state index contributed by atoms with van der Waals surface area (Å²) >= 11 is 0. The predicted molar refractivity (Wildman–Crippen MR) is 63.8 cm³/mol. The number of aliphatic imine (C=N–C) groups is 1. The second-order valence-corrected chi connectivity index (χ2v) is 3.18. The van der Waals surface area contributed by atoms with Gasteiger partial charge < -0.3 is 0 Å². The number of aromatic nitrogens is 1. The van der Waals surface area contributed by atoms with Crippen LogP contribution in [0.1, 0.15) is 18.2 Å². The minimum Gasteiger partial charge on any atom is -0.255 e. The van der Waals surface area contributed by atoms with Gasteiger partial charge in [-0.2, -0.15) is 0 Å². The molecule has 0 amide bonds. The normalized spacial score (nSPS) is 19.3. The molecule has 0 atom stereocenters. The summed E-state index contributed by atoms with van der Waals surface area (Å²) < 4.78 is 0. The highest BCUT2D eigenvalue weighted by molar-refractivity contribution is 6.17. The van der Waals surface area contributed by atoms with Gasteiger partial charge in [0.25, 0.3) is 0 Å². The number of hydrogen-bond donors (Lipinski definition) is 0. The second-order valence-electron chi connectivity index (χ2n) is 3.18. The van der Waals surface area contributed by atoms with Crippen molar-refractivity contribution < 1.29 is 0 Å². The molecule has 0 radical (unpaired) electrons. The number of nitrogens with zero attached hydrogens (tertiary/aromatic N) is 2. The number of pyridine rings is 1. The van der Waals surface area contributed by atoms with Gasteiger partial charge in [0, 0.05) is 18.0 Å². The fraction of sp³-hybridized carbons (Fsp3) is 0.0769. The first kappa shape index (κ1) is 9.59. The van der Waals surface area contributed by atoms with Gasteiger partial charge in [0.05, 0.1) is 11.4 Å². The van der Waals surface area contributed by atoms with Crippen molar-refractivity contribution in [3.8, 4) is 0 Å². The molecule has 0 N–H and O–H groups in total. The highest BCUT2D eigenvalue weighted by Crippen LogP contribution is 2.21. The van der Waals surface area contributed by atoms with Crippen LogP contribution < -0.4 is 0 Å². The minimum absolute atomic E-state index is 0.894. The highest BCUT2D eigenvalue weighted by atomic mass is 14.8. The van der Waals surface area contributed by atoms with E-state index in [4.69, 9.17) is 0 Å². The first-order chi connectivity index (χ1) is 7.36. The van der Waals surface area contributed by atoms with Crippen LogP contribution in [0.3, 0.4) is 0 Å². The first-order valence-electron chi connectivity index (χ1n) is 4.85. The van der Waals surface area contributed by atoms with E-state index in [-0.39, 0.29) is 0 Å². The molecule has 1 aromatic rings. The Hall–Kier alpha value is -1.96. The van der Waals surface area contributed by atoms with Crippen LogP contribution in [0.2, 0.25) is 0 Å². The number of rotatable bonds is 1. The molecule has 74 valence electrons. The lowest BCUT2D eigenvalue weighted by atomic mass is 9.96. The first-order valence-corrected chi connectivity index (χ1v) is 4.85. The van der Waals surface area contributed by atoms with Crippen molar-refractivity contribution in [3.63, 3.8) is 0 Å². The van der Waals surface area contributed by atoms with Gasteiger partial charge in [0.1, 0.15) is 0 Å². The average Bonchev–Trinajstić information content (AvgIpc) is 2.30. The third-order valence-corrected chi connectivity index (χ3v) is 2.31. The van der Waals surface area contributed by atoms with Crippen molar-refractivity contribution in [2.75, 3.05) is 0 Å². The molecule has 0 bridgehead atoms. The van der Waals surface area contributed by atoms with Gasteiger partial charge in [0.15, 0.2) is 0 Å². The van der Waals surface area contributed by atoms with Crippen molar-refractivity contribution in [2.24, 2.45) is 4.99 Å². The number of fused-ring (bicyclic) bond motifs is 1. The molecular formula is C13H12N2. The minimum atomic E-state index is 0.894. The maximum absolute atomic E-state index is 4.35. The SMILES string of the molecule is C=CN=C1/C(=C\C)C=Cc2cccnc21. The van der Waals surface area contributed by atoms with Gasteiger partial charge in [-0.3, -0.25) is 9.98 Å². The highest BCUT2D eigenvalue weighted by Gasteiger charge is 2.15. The van der Waals surface area contributed by atoms with Gasteiger partial charge in [0.2, 0.25) is 0 Å². The van der Waals surface area contributed by atoms with Crippen molar-refractivity contribution in [1.29, 1.82) is 0 Å². The fourth-order valence-corrected chi connectivity index (χ4v) is 1.61. The molecule has 0 fully saturated rings. The molecule has 0 spiro atoms. The molecule has 0 aliphatic heterocycles. The van der Waals surface area contributed by atoms with E-state index in [9.17, 15) is 0 Å². The molecule has 2 heteroatoms. The summed E-state index contributed by atoms with van der Waals surface area (Å²) in [5, 5.41) is 0. The van der Waals surface area contributed by atoms with Crippen LogP contribution in [0, 0.1) is 0 Å². The van der Waals surface area contributed by atoms with Crippen molar-refractivity contribution in [3.05, 3.63) is 60.1 Å². The maximum atomic E-state index is 4.35. The molecule has 15 heavy (non-hydrogen) atoms. The average molecular weight is 196 g/mol. The van der Waals surface area contributed by atoms with Crippen LogP contribution >= 0.6 is 0 Å². The van der Waals surface area contributed by atoms with Crippen LogP contribution in [-0.2, 0) is 0 Å². The van der Waals surface area contributed by atoms with Crippen LogP contribution in [0.25, 0.3) is 6.08 Å². The molecule has 1 aromatic heterocycles. The third-order valence-electron chi connectivity index (χ3n) is 2.31. The van der Waals surface area contributed by atoms with Gasteiger partial charge in [-0.15, -0.1) is 0 Å². The Kier molecular flexibility index (Phi) is 2.59. The van der Waals surface area contributed by atoms with Gasteiger partial charge in [-0.25, -0.2) is 0 Å². The van der Waals surface area contributed by atoms with E-state index in [0.29, 0.717) is 0 Å². The van der Waals surface area contributed by atoms with E-state index in [2.05, 4.69) is 22.6 Å². The molecule has 0 saturated heterocycles. The number of allylic oxidation sites excluding steroid dienone is 3. The van der Waals surface area contributed by atoms with E-state index >= 15 is 0 Å². The Labute approximate surface area is 89.4 Å². The Morgan fingerprint density at radius 3 is 3.00 bits per heavy atom. The van der Waals surface area contributed by atoms with Crippen molar-refractivity contribution >= 4 is 11.8 Å². The van der Waals surface area contributed by atoms with E-state index in [1.165, 1.54) is 0 Å². The van der Waals surface area contributed by atoms with E-state index in [0.717, 1.165) is 22.5 Å². The zero-order chi connectivity index (χ0) is 10.7. The van der Waals surface area contributed by atoms with Crippen molar-refractivity contribution in [2.45, 2.75) is 6.92 Å². The molecule has 1 aliphatic carbocycles. The van der Waals surface area contributed by atoms with Gasteiger partial charge >= 0.3 is 0 Å². The van der Waals surface area contributed by atoms with Crippen LogP contribution in [0.15, 0.2) is 53.8 Å². The van der Waals surface area contributed by atoms with E-state index < -0.39 is 0 Å².